The highest BCUT2D eigenvalue weighted by Crippen LogP contribution is 2.32. The van der Waals surface area contributed by atoms with Gasteiger partial charge in [-0.25, -0.2) is 9.37 Å². The summed E-state index contributed by atoms with van der Waals surface area (Å²) in [6.45, 7) is 10.2. The summed E-state index contributed by atoms with van der Waals surface area (Å²) in [5.74, 6) is 1.28. The third-order valence-electron chi connectivity index (χ3n) is 8.01. The highest BCUT2D eigenvalue weighted by molar-refractivity contribution is 5.90. The van der Waals surface area contributed by atoms with Crippen molar-refractivity contribution in [3.63, 3.8) is 0 Å². The number of β-amino-alcohol motifs (C(OH)–C–C–N with tert-alkyl or cyclic N) is 1. The Morgan fingerprint density at radius 1 is 0.949 bits per heavy atom. The number of halogens is 1. The molecule has 0 saturated carbocycles. The van der Waals surface area contributed by atoms with Crippen molar-refractivity contribution >= 4 is 22.8 Å². The number of hydrogen-bond acceptors (Lipinski definition) is 9. The van der Waals surface area contributed by atoms with Crippen LogP contribution in [0.15, 0.2) is 30.3 Å². The molecule has 6 rings (SSSR count). The van der Waals surface area contributed by atoms with Gasteiger partial charge in [-0.15, -0.1) is 0 Å². The number of morpholine rings is 2. The number of aromatic nitrogens is 3. The van der Waals surface area contributed by atoms with Crippen LogP contribution in [0.2, 0.25) is 0 Å². The van der Waals surface area contributed by atoms with E-state index in [1.54, 1.807) is 6.07 Å². The zero-order valence-electron chi connectivity index (χ0n) is 22.7. The first-order valence-electron chi connectivity index (χ1n) is 14.0. The minimum atomic E-state index is -0.349. The Hall–Kier alpha value is -2.92. The molecule has 0 unspecified atom stereocenters. The van der Waals surface area contributed by atoms with E-state index in [1.807, 2.05) is 18.2 Å². The topological polar surface area (TPSA) is 87.1 Å². The molecule has 0 bridgehead atoms. The highest BCUT2D eigenvalue weighted by atomic mass is 19.1. The van der Waals surface area contributed by atoms with Gasteiger partial charge in [0, 0.05) is 37.3 Å². The van der Waals surface area contributed by atoms with E-state index in [0.717, 1.165) is 54.9 Å². The molecule has 3 fully saturated rings. The number of pyridine rings is 1. The molecule has 39 heavy (non-hydrogen) atoms. The standard InChI is InChI=1S/C29H37FN6O3/c1-19-17-38-12-10-35(19)28-24-6-8-26(31-27(24)32-29(33-28)36-11-13-39-18-20(36)2)21-5-7-25(30)22(14-21)15-34-9-3-4-23(37)16-34/h5-8,14,19-20,23,37H,3-4,9-13,15-18H2,1-2H3/t19-,20-,23+/m0/s1. The number of piperidine rings is 1. The van der Waals surface area contributed by atoms with Crippen LogP contribution in [0.4, 0.5) is 16.2 Å². The van der Waals surface area contributed by atoms with E-state index in [9.17, 15) is 9.50 Å². The van der Waals surface area contributed by atoms with Crippen molar-refractivity contribution in [2.24, 2.45) is 0 Å². The van der Waals surface area contributed by atoms with Crippen LogP contribution in [0.1, 0.15) is 32.3 Å². The van der Waals surface area contributed by atoms with E-state index in [4.69, 9.17) is 24.4 Å². The van der Waals surface area contributed by atoms with E-state index in [-0.39, 0.29) is 24.0 Å². The minimum Gasteiger partial charge on any atom is -0.392 e. The van der Waals surface area contributed by atoms with Gasteiger partial charge in [-0.3, -0.25) is 4.90 Å². The molecule has 3 atom stereocenters. The zero-order valence-corrected chi connectivity index (χ0v) is 22.7. The fraction of sp³-hybridized carbons (Fsp3) is 0.552. The summed E-state index contributed by atoms with van der Waals surface area (Å²) in [5.41, 5.74) is 2.81. The van der Waals surface area contributed by atoms with Crippen molar-refractivity contribution in [1.82, 2.24) is 19.9 Å². The van der Waals surface area contributed by atoms with Crippen molar-refractivity contribution in [1.29, 1.82) is 0 Å². The molecule has 208 valence electrons. The summed E-state index contributed by atoms with van der Waals surface area (Å²) in [6.07, 6.45) is 1.37. The molecular formula is C29H37FN6O3. The van der Waals surface area contributed by atoms with E-state index in [1.165, 1.54) is 6.07 Å². The molecule has 0 aliphatic carbocycles. The molecule has 0 radical (unpaired) electrons. The Morgan fingerprint density at radius 2 is 1.72 bits per heavy atom. The van der Waals surface area contributed by atoms with Gasteiger partial charge in [-0.1, -0.05) is 0 Å². The third-order valence-corrected chi connectivity index (χ3v) is 8.01. The van der Waals surface area contributed by atoms with Crippen molar-refractivity contribution in [2.75, 3.05) is 62.4 Å². The van der Waals surface area contributed by atoms with Gasteiger partial charge in [-0.05, 0) is 63.6 Å². The first kappa shape index (κ1) is 26.3. The Kier molecular flexibility index (Phi) is 7.61. The molecule has 1 aromatic carbocycles. The van der Waals surface area contributed by atoms with Gasteiger partial charge in [0.1, 0.15) is 11.6 Å². The molecule has 3 aliphatic rings. The monoisotopic (exact) mass is 536 g/mol. The molecule has 3 saturated heterocycles. The van der Waals surface area contributed by atoms with Crippen LogP contribution in [0.25, 0.3) is 22.3 Å². The van der Waals surface area contributed by atoms with Crippen LogP contribution < -0.4 is 9.80 Å². The number of fused-ring (bicyclic) bond motifs is 1. The Balaban J connectivity index is 1.39. The predicted molar refractivity (Wildman–Crippen MR) is 148 cm³/mol. The summed E-state index contributed by atoms with van der Waals surface area (Å²) in [7, 11) is 0. The number of likely N-dealkylation sites (tertiary alicyclic amines) is 1. The van der Waals surface area contributed by atoms with Crippen molar-refractivity contribution < 1.29 is 19.0 Å². The average molecular weight is 537 g/mol. The molecule has 3 aliphatic heterocycles. The Labute approximate surface area is 228 Å². The molecule has 0 amide bonds. The second-order valence-electron chi connectivity index (χ2n) is 11.0. The normalized spacial score (nSPS) is 24.9. The predicted octanol–water partition coefficient (Wildman–Crippen LogP) is 3.24. The van der Waals surface area contributed by atoms with E-state index in [0.29, 0.717) is 56.7 Å². The number of aliphatic hydroxyl groups is 1. The quantitative estimate of drug-likeness (QED) is 0.528. The van der Waals surface area contributed by atoms with Crippen LogP contribution in [-0.4, -0.2) is 95.8 Å². The van der Waals surface area contributed by atoms with Crippen molar-refractivity contribution in [2.45, 2.75) is 51.4 Å². The SMILES string of the molecule is C[C@H]1COCCN1c1nc(N2CCOC[C@@H]2C)c2ccc(-c3ccc(F)c(CN4CCC[C@@H](O)C4)c3)nc2n1. The van der Waals surface area contributed by atoms with Crippen molar-refractivity contribution in [3.05, 3.63) is 41.7 Å². The maximum atomic E-state index is 14.8. The maximum absolute atomic E-state index is 14.8. The summed E-state index contributed by atoms with van der Waals surface area (Å²) < 4.78 is 26.2. The molecule has 5 heterocycles. The lowest BCUT2D eigenvalue weighted by Crippen LogP contribution is -2.46. The van der Waals surface area contributed by atoms with Crippen LogP contribution in [-0.2, 0) is 16.0 Å². The lowest BCUT2D eigenvalue weighted by atomic mass is 10.0. The molecule has 10 heteroatoms. The van der Waals surface area contributed by atoms with Gasteiger partial charge >= 0.3 is 0 Å². The smallest absolute Gasteiger partial charge is 0.229 e. The van der Waals surface area contributed by atoms with Gasteiger partial charge in [0.15, 0.2) is 5.65 Å². The molecule has 0 spiro atoms. The number of rotatable bonds is 5. The lowest BCUT2D eigenvalue weighted by Gasteiger charge is -2.37. The van der Waals surface area contributed by atoms with Gasteiger partial charge in [0.25, 0.3) is 0 Å². The summed E-state index contributed by atoms with van der Waals surface area (Å²) in [4.78, 5) is 21.6. The third kappa shape index (κ3) is 5.56. The van der Waals surface area contributed by atoms with Gasteiger partial charge in [-0.2, -0.15) is 9.97 Å². The summed E-state index contributed by atoms with van der Waals surface area (Å²) in [6, 6.07) is 9.50. The summed E-state index contributed by atoms with van der Waals surface area (Å²) >= 11 is 0. The largest absolute Gasteiger partial charge is 0.392 e. The molecule has 2 aromatic heterocycles. The Morgan fingerprint density at radius 3 is 2.46 bits per heavy atom. The molecular weight excluding hydrogens is 499 g/mol. The van der Waals surface area contributed by atoms with E-state index < -0.39 is 0 Å². The zero-order chi connectivity index (χ0) is 26.9. The van der Waals surface area contributed by atoms with Gasteiger partial charge < -0.3 is 24.4 Å². The van der Waals surface area contributed by atoms with Gasteiger partial charge in [0.05, 0.1) is 55.7 Å². The van der Waals surface area contributed by atoms with Crippen LogP contribution >= 0.6 is 0 Å². The fourth-order valence-electron chi connectivity index (χ4n) is 5.83. The number of ether oxygens (including phenoxy) is 2. The first-order valence-corrected chi connectivity index (χ1v) is 14.0. The first-order chi connectivity index (χ1) is 19.0. The number of hydrogen-bond donors (Lipinski definition) is 1. The summed E-state index contributed by atoms with van der Waals surface area (Å²) in [5, 5.41) is 10.9. The second kappa shape index (κ2) is 11.3. The second-order valence-corrected chi connectivity index (χ2v) is 11.0. The molecule has 3 aromatic rings. The van der Waals surface area contributed by atoms with Crippen molar-refractivity contribution in [3.8, 4) is 11.3 Å². The van der Waals surface area contributed by atoms with Gasteiger partial charge in [0.2, 0.25) is 5.95 Å². The lowest BCUT2D eigenvalue weighted by molar-refractivity contribution is 0.0663. The molecule has 1 N–H and O–H groups in total. The van der Waals surface area contributed by atoms with Crippen LogP contribution in [0.5, 0.6) is 0 Å². The number of anilines is 2. The number of nitrogens with zero attached hydrogens (tertiary/aromatic N) is 6. The number of aliphatic hydroxyl groups excluding tert-OH is 1. The fourth-order valence-corrected chi connectivity index (χ4v) is 5.83. The number of benzene rings is 1. The average Bonchev–Trinajstić information content (AvgIpc) is 2.94. The Bertz CT molecular complexity index is 1330. The maximum Gasteiger partial charge on any atom is 0.229 e. The highest BCUT2D eigenvalue weighted by Gasteiger charge is 2.28. The van der Waals surface area contributed by atoms with E-state index >= 15 is 0 Å². The minimum absolute atomic E-state index is 0.155. The molecule has 9 nitrogen and oxygen atoms in total. The van der Waals surface area contributed by atoms with E-state index in [2.05, 4.69) is 28.5 Å². The van der Waals surface area contributed by atoms with Crippen LogP contribution in [0.3, 0.4) is 0 Å². The van der Waals surface area contributed by atoms with Crippen LogP contribution in [0, 0.1) is 5.82 Å².